The Morgan fingerprint density at radius 3 is 3.08 bits per heavy atom. The molecule has 1 aliphatic rings. The molecular formula is C8H10O5. The Kier molecular flexibility index (Phi) is 3.31. The van der Waals surface area contributed by atoms with Crippen molar-refractivity contribution in [1.29, 1.82) is 0 Å². The molecule has 5 nitrogen and oxygen atoms in total. The average Bonchev–Trinajstić information content (AvgIpc) is 2.09. The van der Waals surface area contributed by atoms with Gasteiger partial charge in [-0.05, 0) is 13.0 Å². The van der Waals surface area contributed by atoms with Crippen molar-refractivity contribution >= 4 is 12.1 Å². The van der Waals surface area contributed by atoms with Gasteiger partial charge in [-0.25, -0.2) is 9.59 Å². The lowest BCUT2D eigenvalue weighted by Gasteiger charge is -2.16. The fraction of sp³-hybridized carbons (Fsp3) is 0.500. The van der Waals surface area contributed by atoms with Crippen molar-refractivity contribution in [3.63, 3.8) is 0 Å². The molecule has 0 aromatic heterocycles. The van der Waals surface area contributed by atoms with Crippen LogP contribution in [0.1, 0.15) is 6.92 Å². The summed E-state index contributed by atoms with van der Waals surface area (Å²) in [6.45, 7) is 1.99. The molecule has 5 heteroatoms. The Morgan fingerprint density at radius 1 is 1.77 bits per heavy atom. The summed E-state index contributed by atoms with van der Waals surface area (Å²) in [4.78, 5) is 21.3. The van der Waals surface area contributed by atoms with Gasteiger partial charge in [0.1, 0.15) is 6.61 Å². The molecule has 72 valence electrons. The topological polar surface area (TPSA) is 61.8 Å². The standard InChI is InChI=1S/C8H10O5/c1-2-11-8(10)13-6-3-4-7(9)12-5-6/h3-4,6H,2,5H2,1H3. The molecule has 1 aliphatic heterocycles. The molecular weight excluding hydrogens is 176 g/mol. The summed E-state index contributed by atoms with van der Waals surface area (Å²) >= 11 is 0. The van der Waals surface area contributed by atoms with Gasteiger partial charge in [0, 0.05) is 6.08 Å². The molecule has 0 saturated carbocycles. The molecule has 0 aromatic carbocycles. The summed E-state index contributed by atoms with van der Waals surface area (Å²) in [5, 5.41) is 0. The van der Waals surface area contributed by atoms with Crippen LogP contribution in [0.15, 0.2) is 12.2 Å². The van der Waals surface area contributed by atoms with E-state index in [1.54, 1.807) is 6.92 Å². The highest BCUT2D eigenvalue weighted by molar-refractivity contribution is 5.82. The number of esters is 1. The van der Waals surface area contributed by atoms with Gasteiger partial charge in [-0.1, -0.05) is 0 Å². The summed E-state index contributed by atoms with van der Waals surface area (Å²) in [6, 6.07) is 0. The minimum Gasteiger partial charge on any atom is -0.458 e. The number of carbonyl (C=O) groups is 2. The zero-order chi connectivity index (χ0) is 9.68. The smallest absolute Gasteiger partial charge is 0.458 e. The summed E-state index contributed by atoms with van der Waals surface area (Å²) < 4.78 is 13.9. The van der Waals surface area contributed by atoms with Gasteiger partial charge in [0.15, 0.2) is 6.10 Å². The molecule has 0 bridgehead atoms. The number of ether oxygens (including phenoxy) is 3. The van der Waals surface area contributed by atoms with E-state index in [1.807, 2.05) is 0 Å². The van der Waals surface area contributed by atoms with E-state index in [-0.39, 0.29) is 13.2 Å². The van der Waals surface area contributed by atoms with Crippen molar-refractivity contribution in [1.82, 2.24) is 0 Å². The van der Waals surface area contributed by atoms with E-state index in [1.165, 1.54) is 12.2 Å². The van der Waals surface area contributed by atoms with Crippen LogP contribution in [-0.4, -0.2) is 31.4 Å². The second-order valence-corrected chi connectivity index (χ2v) is 2.33. The van der Waals surface area contributed by atoms with Crippen LogP contribution in [-0.2, 0) is 19.0 Å². The van der Waals surface area contributed by atoms with Crippen LogP contribution in [0.25, 0.3) is 0 Å². The van der Waals surface area contributed by atoms with Crippen LogP contribution in [0.5, 0.6) is 0 Å². The lowest BCUT2D eigenvalue weighted by atomic mass is 10.3. The molecule has 0 saturated heterocycles. The molecule has 1 rings (SSSR count). The first-order valence-corrected chi connectivity index (χ1v) is 3.90. The molecule has 0 aliphatic carbocycles. The third-order valence-corrected chi connectivity index (χ3v) is 1.35. The monoisotopic (exact) mass is 186 g/mol. The van der Waals surface area contributed by atoms with E-state index < -0.39 is 18.2 Å². The highest BCUT2D eigenvalue weighted by Gasteiger charge is 2.18. The van der Waals surface area contributed by atoms with Crippen molar-refractivity contribution < 1.29 is 23.8 Å². The van der Waals surface area contributed by atoms with Crippen LogP contribution in [0, 0.1) is 0 Å². The SMILES string of the molecule is CCOC(=O)OC1C=CC(=O)OC1. The Bertz CT molecular complexity index is 233. The molecule has 1 atom stereocenters. The fourth-order valence-corrected chi connectivity index (χ4v) is 0.803. The first-order chi connectivity index (χ1) is 6.22. The zero-order valence-corrected chi connectivity index (χ0v) is 7.19. The van der Waals surface area contributed by atoms with Crippen molar-refractivity contribution in [3.05, 3.63) is 12.2 Å². The van der Waals surface area contributed by atoms with Gasteiger partial charge >= 0.3 is 12.1 Å². The second kappa shape index (κ2) is 4.49. The van der Waals surface area contributed by atoms with Gasteiger partial charge in [-0.15, -0.1) is 0 Å². The number of cyclic esters (lactones) is 1. The van der Waals surface area contributed by atoms with Crippen LogP contribution >= 0.6 is 0 Å². The summed E-state index contributed by atoms with van der Waals surface area (Å²) in [5.41, 5.74) is 0. The number of rotatable bonds is 2. The molecule has 0 fully saturated rings. The van der Waals surface area contributed by atoms with Gasteiger partial charge in [-0.2, -0.15) is 0 Å². The van der Waals surface area contributed by atoms with E-state index >= 15 is 0 Å². The van der Waals surface area contributed by atoms with Gasteiger partial charge in [0.05, 0.1) is 6.61 Å². The molecule has 0 N–H and O–H groups in total. The highest BCUT2D eigenvalue weighted by atomic mass is 16.7. The first-order valence-electron chi connectivity index (χ1n) is 3.90. The Hall–Kier alpha value is -1.52. The normalized spacial score (nSPS) is 20.7. The lowest BCUT2D eigenvalue weighted by Crippen LogP contribution is -2.26. The van der Waals surface area contributed by atoms with E-state index in [0.717, 1.165) is 0 Å². The average molecular weight is 186 g/mol. The third kappa shape index (κ3) is 3.14. The van der Waals surface area contributed by atoms with Gasteiger partial charge in [0.25, 0.3) is 0 Å². The summed E-state index contributed by atoms with van der Waals surface area (Å²) in [6.07, 6.45) is 1.39. The molecule has 0 radical (unpaired) electrons. The van der Waals surface area contributed by atoms with Crippen molar-refractivity contribution in [2.24, 2.45) is 0 Å². The fourth-order valence-electron chi connectivity index (χ4n) is 0.803. The minimum absolute atomic E-state index is 0.0497. The molecule has 13 heavy (non-hydrogen) atoms. The van der Waals surface area contributed by atoms with E-state index in [4.69, 9.17) is 4.74 Å². The van der Waals surface area contributed by atoms with Crippen LogP contribution in [0.4, 0.5) is 4.79 Å². The Balaban J connectivity index is 2.34. The van der Waals surface area contributed by atoms with Gasteiger partial charge in [0.2, 0.25) is 0 Å². The minimum atomic E-state index is -0.755. The predicted octanol–water partition coefficient (Wildman–Crippen LogP) is 0.641. The van der Waals surface area contributed by atoms with Crippen molar-refractivity contribution in [3.8, 4) is 0 Å². The first kappa shape index (κ1) is 9.57. The lowest BCUT2D eigenvalue weighted by molar-refractivity contribution is -0.141. The maximum Gasteiger partial charge on any atom is 0.508 e. The van der Waals surface area contributed by atoms with Crippen LogP contribution in [0.2, 0.25) is 0 Å². The number of hydrogen-bond acceptors (Lipinski definition) is 5. The van der Waals surface area contributed by atoms with Crippen LogP contribution in [0.3, 0.4) is 0 Å². The second-order valence-electron chi connectivity index (χ2n) is 2.33. The maximum absolute atomic E-state index is 10.8. The van der Waals surface area contributed by atoms with Gasteiger partial charge in [-0.3, -0.25) is 0 Å². The van der Waals surface area contributed by atoms with E-state index in [0.29, 0.717) is 0 Å². The maximum atomic E-state index is 10.8. The van der Waals surface area contributed by atoms with Crippen molar-refractivity contribution in [2.75, 3.05) is 13.2 Å². The zero-order valence-electron chi connectivity index (χ0n) is 7.19. The number of carbonyl (C=O) groups excluding carboxylic acids is 2. The predicted molar refractivity (Wildman–Crippen MR) is 42.0 cm³/mol. The van der Waals surface area contributed by atoms with Gasteiger partial charge < -0.3 is 14.2 Å². The highest BCUT2D eigenvalue weighted by Crippen LogP contribution is 2.04. The summed E-state index contributed by atoms with van der Waals surface area (Å²) in [7, 11) is 0. The molecule has 0 spiro atoms. The van der Waals surface area contributed by atoms with E-state index in [2.05, 4.69) is 9.47 Å². The molecule has 0 aromatic rings. The van der Waals surface area contributed by atoms with Crippen LogP contribution < -0.4 is 0 Å². The molecule has 1 unspecified atom stereocenters. The third-order valence-electron chi connectivity index (χ3n) is 1.35. The Labute approximate surface area is 75.3 Å². The molecule has 0 amide bonds. The summed E-state index contributed by atoms with van der Waals surface area (Å²) in [5.74, 6) is -0.427. The van der Waals surface area contributed by atoms with E-state index in [9.17, 15) is 9.59 Å². The number of hydrogen-bond donors (Lipinski definition) is 0. The quantitative estimate of drug-likeness (QED) is 0.592. The Morgan fingerprint density at radius 2 is 2.54 bits per heavy atom. The molecule has 1 heterocycles. The van der Waals surface area contributed by atoms with Crippen molar-refractivity contribution in [2.45, 2.75) is 13.0 Å². The largest absolute Gasteiger partial charge is 0.508 e.